The average Bonchev–Trinajstić information content (AvgIpc) is 2.18. The van der Waals surface area contributed by atoms with Crippen LogP contribution < -0.4 is 5.30 Å². The SMILES string of the molecule is Pc1ccnc(-c2ccccc2Cl)c1. The van der Waals surface area contributed by atoms with Crippen molar-refractivity contribution in [3.63, 3.8) is 0 Å². The zero-order valence-electron chi connectivity index (χ0n) is 7.44. The molecule has 0 amide bonds. The van der Waals surface area contributed by atoms with E-state index in [1.54, 1.807) is 6.20 Å². The predicted molar refractivity (Wildman–Crippen MR) is 64.0 cm³/mol. The van der Waals surface area contributed by atoms with Gasteiger partial charge in [-0.15, -0.1) is 9.24 Å². The summed E-state index contributed by atoms with van der Waals surface area (Å²) in [6.45, 7) is 0. The molecule has 0 aliphatic heterocycles. The smallest absolute Gasteiger partial charge is 0.0723 e. The fourth-order valence-corrected chi connectivity index (χ4v) is 1.74. The van der Waals surface area contributed by atoms with E-state index in [9.17, 15) is 0 Å². The summed E-state index contributed by atoms with van der Waals surface area (Å²) in [5.74, 6) is 0. The zero-order chi connectivity index (χ0) is 9.97. The lowest BCUT2D eigenvalue weighted by Crippen LogP contribution is -1.93. The second-order valence-corrected chi connectivity index (χ2v) is 4.03. The van der Waals surface area contributed by atoms with Crippen LogP contribution in [0, 0.1) is 0 Å². The van der Waals surface area contributed by atoms with Crippen molar-refractivity contribution >= 4 is 26.1 Å². The predicted octanol–water partition coefficient (Wildman–Crippen LogP) is 2.90. The van der Waals surface area contributed by atoms with Crippen LogP contribution in [0.15, 0.2) is 42.6 Å². The fourth-order valence-electron chi connectivity index (χ4n) is 1.26. The average molecular weight is 222 g/mol. The molecule has 1 aromatic carbocycles. The Balaban J connectivity index is 2.55. The summed E-state index contributed by atoms with van der Waals surface area (Å²) < 4.78 is 0. The van der Waals surface area contributed by atoms with Gasteiger partial charge in [0.1, 0.15) is 0 Å². The molecular formula is C11H9ClNP. The van der Waals surface area contributed by atoms with Gasteiger partial charge in [-0.2, -0.15) is 0 Å². The molecule has 3 heteroatoms. The lowest BCUT2D eigenvalue weighted by Gasteiger charge is -2.03. The monoisotopic (exact) mass is 221 g/mol. The van der Waals surface area contributed by atoms with E-state index in [2.05, 4.69) is 14.2 Å². The van der Waals surface area contributed by atoms with Crippen molar-refractivity contribution in [3.8, 4) is 11.3 Å². The van der Waals surface area contributed by atoms with Crippen molar-refractivity contribution in [2.75, 3.05) is 0 Å². The first-order chi connectivity index (χ1) is 6.77. The maximum Gasteiger partial charge on any atom is 0.0723 e. The Bertz CT molecular complexity index is 457. The normalized spacial score (nSPS) is 10.1. The Labute approximate surface area is 90.3 Å². The van der Waals surface area contributed by atoms with E-state index in [4.69, 9.17) is 11.6 Å². The maximum absolute atomic E-state index is 6.06. The standard InChI is InChI=1S/C11H9ClNP/c12-10-4-2-1-3-9(10)11-7-8(14)5-6-13-11/h1-7H,14H2. The third-order valence-electron chi connectivity index (χ3n) is 1.93. The van der Waals surface area contributed by atoms with E-state index in [0.717, 1.165) is 21.6 Å². The first kappa shape index (κ1) is 9.64. The molecule has 0 aliphatic carbocycles. The molecular weight excluding hydrogens is 213 g/mol. The van der Waals surface area contributed by atoms with E-state index in [1.807, 2.05) is 36.4 Å². The molecule has 0 bridgehead atoms. The molecule has 0 saturated carbocycles. The van der Waals surface area contributed by atoms with Crippen molar-refractivity contribution < 1.29 is 0 Å². The Hall–Kier alpha value is -0.910. The molecule has 70 valence electrons. The van der Waals surface area contributed by atoms with Crippen LogP contribution in [0.2, 0.25) is 5.02 Å². The Morgan fingerprint density at radius 1 is 1.14 bits per heavy atom. The third-order valence-corrected chi connectivity index (χ3v) is 2.62. The van der Waals surface area contributed by atoms with Crippen LogP contribution in [0.3, 0.4) is 0 Å². The van der Waals surface area contributed by atoms with Gasteiger partial charge in [0.05, 0.1) is 5.69 Å². The van der Waals surface area contributed by atoms with Crippen molar-refractivity contribution in [3.05, 3.63) is 47.6 Å². The van der Waals surface area contributed by atoms with E-state index in [1.165, 1.54) is 0 Å². The summed E-state index contributed by atoms with van der Waals surface area (Å²) in [6, 6.07) is 11.6. The number of hydrogen-bond donors (Lipinski definition) is 0. The maximum atomic E-state index is 6.06. The van der Waals surface area contributed by atoms with Gasteiger partial charge in [0.15, 0.2) is 0 Å². The van der Waals surface area contributed by atoms with Crippen LogP contribution >= 0.6 is 20.8 Å². The van der Waals surface area contributed by atoms with Gasteiger partial charge in [-0.05, 0) is 23.5 Å². The highest BCUT2D eigenvalue weighted by molar-refractivity contribution is 7.27. The molecule has 1 atom stereocenters. The van der Waals surface area contributed by atoms with Gasteiger partial charge in [0.25, 0.3) is 0 Å². The molecule has 0 spiro atoms. The number of nitrogens with zero attached hydrogens (tertiary/aromatic N) is 1. The van der Waals surface area contributed by atoms with Gasteiger partial charge in [0.2, 0.25) is 0 Å². The number of halogens is 1. The minimum atomic E-state index is 0.732. The summed E-state index contributed by atoms with van der Waals surface area (Å²) in [7, 11) is 2.65. The third kappa shape index (κ3) is 1.95. The summed E-state index contributed by atoms with van der Waals surface area (Å²) in [6.07, 6.45) is 1.78. The lowest BCUT2D eigenvalue weighted by atomic mass is 10.1. The second-order valence-electron chi connectivity index (χ2n) is 2.95. The van der Waals surface area contributed by atoms with Crippen molar-refractivity contribution in [1.29, 1.82) is 0 Å². The Kier molecular flexibility index (Phi) is 2.81. The Morgan fingerprint density at radius 3 is 2.64 bits per heavy atom. The number of rotatable bonds is 1. The van der Waals surface area contributed by atoms with Crippen molar-refractivity contribution in [2.45, 2.75) is 0 Å². The van der Waals surface area contributed by atoms with Crippen LogP contribution in [0.5, 0.6) is 0 Å². The van der Waals surface area contributed by atoms with Crippen LogP contribution in [0.1, 0.15) is 0 Å². The summed E-state index contributed by atoms with van der Waals surface area (Å²) in [5, 5.41) is 1.84. The first-order valence-corrected chi connectivity index (χ1v) is 5.19. The molecule has 0 saturated heterocycles. The highest BCUT2D eigenvalue weighted by Gasteiger charge is 2.02. The van der Waals surface area contributed by atoms with Crippen LogP contribution in [-0.4, -0.2) is 4.98 Å². The van der Waals surface area contributed by atoms with E-state index >= 15 is 0 Å². The first-order valence-electron chi connectivity index (χ1n) is 4.24. The van der Waals surface area contributed by atoms with E-state index in [-0.39, 0.29) is 0 Å². The molecule has 0 radical (unpaired) electrons. The molecule has 0 fully saturated rings. The van der Waals surface area contributed by atoms with Crippen LogP contribution in [-0.2, 0) is 0 Å². The minimum absolute atomic E-state index is 0.732. The molecule has 2 aromatic rings. The number of aromatic nitrogens is 1. The molecule has 1 nitrogen and oxygen atoms in total. The van der Waals surface area contributed by atoms with Crippen LogP contribution in [0.4, 0.5) is 0 Å². The van der Waals surface area contributed by atoms with Gasteiger partial charge >= 0.3 is 0 Å². The molecule has 1 unspecified atom stereocenters. The number of pyridine rings is 1. The molecule has 0 N–H and O–H groups in total. The topological polar surface area (TPSA) is 12.9 Å². The zero-order valence-corrected chi connectivity index (χ0v) is 9.35. The summed E-state index contributed by atoms with van der Waals surface area (Å²) in [5.41, 5.74) is 1.88. The minimum Gasteiger partial charge on any atom is -0.256 e. The van der Waals surface area contributed by atoms with Gasteiger partial charge < -0.3 is 0 Å². The van der Waals surface area contributed by atoms with Crippen molar-refractivity contribution in [2.24, 2.45) is 0 Å². The van der Waals surface area contributed by atoms with Gasteiger partial charge in [-0.3, -0.25) is 4.98 Å². The van der Waals surface area contributed by atoms with Gasteiger partial charge in [-0.25, -0.2) is 0 Å². The van der Waals surface area contributed by atoms with Gasteiger partial charge in [-0.1, -0.05) is 29.8 Å². The van der Waals surface area contributed by atoms with Crippen LogP contribution in [0.25, 0.3) is 11.3 Å². The highest BCUT2D eigenvalue weighted by Crippen LogP contribution is 2.24. The highest BCUT2D eigenvalue weighted by atomic mass is 35.5. The summed E-state index contributed by atoms with van der Waals surface area (Å²) in [4.78, 5) is 4.27. The number of hydrogen-bond acceptors (Lipinski definition) is 1. The molecule has 1 heterocycles. The quantitative estimate of drug-likeness (QED) is 0.675. The molecule has 14 heavy (non-hydrogen) atoms. The van der Waals surface area contributed by atoms with E-state index in [0.29, 0.717) is 0 Å². The molecule has 0 aliphatic rings. The number of benzene rings is 1. The van der Waals surface area contributed by atoms with Crippen molar-refractivity contribution in [1.82, 2.24) is 4.98 Å². The molecule has 1 aromatic heterocycles. The van der Waals surface area contributed by atoms with Gasteiger partial charge in [0, 0.05) is 16.8 Å². The largest absolute Gasteiger partial charge is 0.256 e. The molecule has 2 rings (SSSR count). The lowest BCUT2D eigenvalue weighted by molar-refractivity contribution is 1.34. The Morgan fingerprint density at radius 2 is 1.93 bits per heavy atom. The fraction of sp³-hybridized carbons (Fsp3) is 0. The summed E-state index contributed by atoms with van der Waals surface area (Å²) >= 11 is 6.06. The van der Waals surface area contributed by atoms with E-state index < -0.39 is 0 Å². The second kappa shape index (κ2) is 4.08.